The van der Waals surface area contributed by atoms with Crippen LogP contribution in [0.1, 0.15) is 54.7 Å². The maximum atomic E-state index is 14.4. The standard InChI is InChI=1S/C30H27FN4O4S/c1-3-26(22-12-20(16-32)13-23(31)15-22)35-27(14-19-4-5-19)34-29(36)28(30(35)37)40(38,39)24-8-6-21(7-9-24)25-10-11-33-17-18(25)2/h6-13,15,17,19,26,37H,3-5,14H2,1-2H3. The summed E-state index contributed by atoms with van der Waals surface area (Å²) in [7, 11) is -4.49. The lowest BCUT2D eigenvalue weighted by molar-refractivity contribution is 0.357. The van der Waals surface area contributed by atoms with Gasteiger partial charge in [-0.15, -0.1) is 0 Å². The van der Waals surface area contributed by atoms with E-state index in [0.29, 0.717) is 18.4 Å². The molecule has 1 aliphatic rings. The van der Waals surface area contributed by atoms with Gasteiger partial charge in [-0.05, 0) is 90.8 Å². The van der Waals surface area contributed by atoms with Crippen LogP contribution in [-0.2, 0) is 16.3 Å². The minimum atomic E-state index is -4.49. The minimum Gasteiger partial charge on any atom is -0.493 e. The highest BCUT2D eigenvalue weighted by molar-refractivity contribution is 7.91. The van der Waals surface area contributed by atoms with Crippen molar-refractivity contribution in [2.24, 2.45) is 5.92 Å². The predicted octanol–water partition coefficient (Wildman–Crippen LogP) is 5.11. The number of aromatic hydroxyl groups is 1. The van der Waals surface area contributed by atoms with Gasteiger partial charge in [0.1, 0.15) is 11.6 Å². The van der Waals surface area contributed by atoms with Crippen molar-refractivity contribution >= 4 is 9.84 Å². The smallest absolute Gasteiger partial charge is 0.296 e. The molecule has 10 heteroatoms. The van der Waals surface area contributed by atoms with Crippen molar-refractivity contribution < 1.29 is 17.9 Å². The number of halogens is 1. The van der Waals surface area contributed by atoms with E-state index in [0.717, 1.165) is 35.6 Å². The van der Waals surface area contributed by atoms with Crippen LogP contribution in [0.25, 0.3) is 11.1 Å². The maximum Gasteiger partial charge on any atom is 0.296 e. The Morgan fingerprint density at radius 1 is 1.18 bits per heavy atom. The van der Waals surface area contributed by atoms with Gasteiger partial charge in [0.2, 0.25) is 15.7 Å². The SMILES string of the molecule is CCC(c1cc(F)cc(C#N)c1)n1c(CC2CC2)nc(=O)c(S(=O)(=O)c2ccc(-c3ccncc3C)cc2)c1O. The Bertz CT molecular complexity index is 1810. The van der Waals surface area contributed by atoms with Crippen molar-refractivity contribution in [3.05, 3.63) is 99.6 Å². The van der Waals surface area contributed by atoms with E-state index in [2.05, 4.69) is 9.97 Å². The summed E-state index contributed by atoms with van der Waals surface area (Å²) in [4.78, 5) is 20.4. The van der Waals surface area contributed by atoms with Gasteiger partial charge in [0.15, 0.2) is 4.90 Å². The molecule has 1 atom stereocenters. The van der Waals surface area contributed by atoms with Crippen LogP contribution in [0.4, 0.5) is 4.39 Å². The predicted molar refractivity (Wildman–Crippen MR) is 146 cm³/mol. The molecule has 40 heavy (non-hydrogen) atoms. The monoisotopic (exact) mass is 558 g/mol. The third-order valence-corrected chi connectivity index (χ3v) is 8.99. The van der Waals surface area contributed by atoms with Gasteiger partial charge in [-0.25, -0.2) is 12.8 Å². The van der Waals surface area contributed by atoms with E-state index in [1.54, 1.807) is 31.5 Å². The number of aryl methyl sites for hydroxylation is 1. The zero-order valence-corrected chi connectivity index (χ0v) is 22.8. The van der Waals surface area contributed by atoms with Crippen LogP contribution in [0.2, 0.25) is 0 Å². The molecule has 2 aromatic carbocycles. The van der Waals surface area contributed by atoms with Gasteiger partial charge >= 0.3 is 0 Å². The van der Waals surface area contributed by atoms with Crippen LogP contribution in [0.3, 0.4) is 0 Å². The third kappa shape index (κ3) is 5.12. The second-order valence-electron chi connectivity index (χ2n) is 10.0. The fourth-order valence-corrected chi connectivity index (χ4v) is 6.35. The summed E-state index contributed by atoms with van der Waals surface area (Å²) in [6, 6.07) is 12.8. The molecule has 0 spiro atoms. The maximum absolute atomic E-state index is 14.4. The number of hydrogen-bond donors (Lipinski definition) is 1. The molecule has 1 aliphatic carbocycles. The van der Waals surface area contributed by atoms with E-state index in [9.17, 15) is 28.0 Å². The molecule has 0 radical (unpaired) electrons. The molecule has 5 rings (SSSR count). The molecule has 0 aliphatic heterocycles. The van der Waals surface area contributed by atoms with Gasteiger partial charge < -0.3 is 5.11 Å². The summed E-state index contributed by atoms with van der Waals surface area (Å²) in [5, 5.41) is 20.8. The molecule has 204 valence electrons. The van der Waals surface area contributed by atoms with E-state index in [1.807, 2.05) is 19.1 Å². The minimum absolute atomic E-state index is 0.0862. The van der Waals surface area contributed by atoms with Crippen LogP contribution < -0.4 is 5.56 Å². The van der Waals surface area contributed by atoms with Crippen LogP contribution in [0, 0.1) is 30.0 Å². The van der Waals surface area contributed by atoms with Crippen molar-refractivity contribution in [2.45, 2.75) is 55.4 Å². The van der Waals surface area contributed by atoms with Gasteiger partial charge in [-0.1, -0.05) is 19.1 Å². The largest absolute Gasteiger partial charge is 0.493 e. The van der Waals surface area contributed by atoms with Gasteiger partial charge in [0.25, 0.3) is 5.56 Å². The lowest BCUT2D eigenvalue weighted by Crippen LogP contribution is -2.28. The Morgan fingerprint density at radius 3 is 2.52 bits per heavy atom. The molecule has 1 fully saturated rings. The number of nitrogens with zero attached hydrogens (tertiary/aromatic N) is 4. The molecule has 0 saturated heterocycles. The van der Waals surface area contributed by atoms with E-state index in [1.165, 1.54) is 28.8 Å². The first kappa shape index (κ1) is 27.2. The van der Waals surface area contributed by atoms with Crippen molar-refractivity contribution in [3.8, 4) is 23.1 Å². The van der Waals surface area contributed by atoms with Gasteiger partial charge in [-0.3, -0.25) is 14.3 Å². The van der Waals surface area contributed by atoms with Gasteiger partial charge in [0.05, 0.1) is 22.6 Å². The summed E-state index contributed by atoms with van der Waals surface area (Å²) < 4.78 is 43.2. The number of nitriles is 1. The molecular weight excluding hydrogens is 531 g/mol. The second-order valence-corrected chi connectivity index (χ2v) is 11.9. The fraction of sp³-hybridized carbons (Fsp3) is 0.267. The van der Waals surface area contributed by atoms with Crippen molar-refractivity contribution in [2.75, 3.05) is 0 Å². The first-order chi connectivity index (χ1) is 19.1. The topological polar surface area (TPSA) is 126 Å². The summed E-state index contributed by atoms with van der Waals surface area (Å²) in [6.45, 7) is 3.68. The number of aromatic nitrogens is 3. The fourth-order valence-electron chi connectivity index (χ4n) is 5.00. The molecule has 1 unspecified atom stereocenters. The first-order valence-electron chi connectivity index (χ1n) is 12.9. The quantitative estimate of drug-likeness (QED) is 0.318. The molecule has 2 heterocycles. The summed E-state index contributed by atoms with van der Waals surface area (Å²) in [5.41, 5.74) is 1.96. The van der Waals surface area contributed by atoms with Gasteiger partial charge in [-0.2, -0.15) is 10.2 Å². The number of sulfone groups is 1. The molecule has 1 N–H and O–H groups in total. The molecular formula is C30H27FN4O4S. The third-order valence-electron chi connectivity index (χ3n) is 7.20. The average Bonchev–Trinajstić information content (AvgIpc) is 3.74. The number of rotatable bonds is 8. The van der Waals surface area contributed by atoms with Crippen LogP contribution in [-0.4, -0.2) is 28.1 Å². The van der Waals surface area contributed by atoms with Crippen LogP contribution in [0.15, 0.2) is 75.5 Å². The Labute approximate surface area is 231 Å². The first-order valence-corrected chi connectivity index (χ1v) is 14.4. The molecule has 8 nitrogen and oxygen atoms in total. The average molecular weight is 559 g/mol. The van der Waals surface area contributed by atoms with E-state index >= 15 is 0 Å². The van der Waals surface area contributed by atoms with Crippen molar-refractivity contribution in [1.29, 1.82) is 5.26 Å². The van der Waals surface area contributed by atoms with Crippen molar-refractivity contribution in [3.63, 3.8) is 0 Å². The van der Waals surface area contributed by atoms with Crippen LogP contribution in [0.5, 0.6) is 5.88 Å². The van der Waals surface area contributed by atoms with E-state index < -0.39 is 38.0 Å². The Morgan fingerprint density at radius 2 is 1.90 bits per heavy atom. The lowest BCUT2D eigenvalue weighted by atomic mass is 10.0. The normalized spacial score (nSPS) is 14.1. The highest BCUT2D eigenvalue weighted by atomic mass is 32.2. The Kier molecular flexibility index (Phi) is 7.25. The van der Waals surface area contributed by atoms with Crippen LogP contribution >= 0.6 is 0 Å². The number of benzene rings is 2. The zero-order valence-electron chi connectivity index (χ0n) is 22.0. The van der Waals surface area contributed by atoms with Crippen molar-refractivity contribution in [1.82, 2.24) is 14.5 Å². The number of pyridine rings is 1. The van der Waals surface area contributed by atoms with E-state index in [-0.39, 0.29) is 22.2 Å². The summed E-state index contributed by atoms with van der Waals surface area (Å²) in [5.74, 6) is -0.910. The second kappa shape index (κ2) is 10.7. The molecule has 4 aromatic rings. The molecule has 0 amide bonds. The zero-order chi connectivity index (χ0) is 28.6. The molecule has 1 saturated carbocycles. The highest BCUT2D eigenvalue weighted by Crippen LogP contribution is 2.37. The summed E-state index contributed by atoms with van der Waals surface area (Å²) in [6.07, 6.45) is 5.87. The number of hydrogen-bond acceptors (Lipinski definition) is 7. The molecule has 2 aromatic heterocycles. The lowest BCUT2D eigenvalue weighted by Gasteiger charge is -2.25. The van der Waals surface area contributed by atoms with Gasteiger partial charge in [0, 0.05) is 18.8 Å². The Hall–Kier alpha value is -4.36. The molecule has 0 bridgehead atoms. The van der Waals surface area contributed by atoms with E-state index in [4.69, 9.17) is 0 Å². The highest BCUT2D eigenvalue weighted by Gasteiger charge is 2.34. The summed E-state index contributed by atoms with van der Waals surface area (Å²) >= 11 is 0. The Balaban J connectivity index is 1.66.